The summed E-state index contributed by atoms with van der Waals surface area (Å²) < 4.78 is 26.6. The molecule has 0 aliphatic carbocycles. The summed E-state index contributed by atoms with van der Waals surface area (Å²) in [4.78, 5) is 0.410. The van der Waals surface area contributed by atoms with E-state index in [1.54, 1.807) is 16.4 Å². The molecule has 2 N–H and O–H groups in total. The molecular formula is C13H20N2O2S. The molecule has 5 heteroatoms. The van der Waals surface area contributed by atoms with E-state index in [0.717, 1.165) is 12.0 Å². The van der Waals surface area contributed by atoms with E-state index in [9.17, 15) is 8.42 Å². The van der Waals surface area contributed by atoms with Crippen LogP contribution in [0.4, 0.5) is 0 Å². The Labute approximate surface area is 109 Å². The zero-order chi connectivity index (χ0) is 13.3. The number of hydrogen-bond acceptors (Lipinski definition) is 3. The van der Waals surface area contributed by atoms with E-state index in [1.165, 1.54) is 0 Å². The Hall–Kier alpha value is -0.910. The monoisotopic (exact) mass is 268 g/mol. The fraction of sp³-hybridized carbons (Fsp3) is 0.538. The first kappa shape index (κ1) is 13.5. The quantitative estimate of drug-likeness (QED) is 0.880. The van der Waals surface area contributed by atoms with Gasteiger partial charge in [-0.2, -0.15) is 4.31 Å². The SMILES string of the molecule is Cc1ccccc1S(=O)(=O)N1CCC(N)C(C)C1. The molecule has 0 bridgehead atoms. The summed E-state index contributed by atoms with van der Waals surface area (Å²) >= 11 is 0. The van der Waals surface area contributed by atoms with Crippen molar-refractivity contribution in [3.05, 3.63) is 29.8 Å². The van der Waals surface area contributed by atoms with E-state index in [-0.39, 0.29) is 12.0 Å². The number of nitrogens with two attached hydrogens (primary N) is 1. The number of rotatable bonds is 2. The summed E-state index contributed by atoms with van der Waals surface area (Å²) in [5.74, 6) is 0.206. The second-order valence-electron chi connectivity index (χ2n) is 5.06. The predicted molar refractivity (Wildman–Crippen MR) is 71.7 cm³/mol. The number of hydrogen-bond donors (Lipinski definition) is 1. The Morgan fingerprint density at radius 3 is 2.61 bits per heavy atom. The molecule has 0 aromatic heterocycles. The molecule has 1 aliphatic heterocycles. The largest absolute Gasteiger partial charge is 0.327 e. The zero-order valence-electron chi connectivity index (χ0n) is 10.8. The van der Waals surface area contributed by atoms with Crippen molar-refractivity contribution in [1.29, 1.82) is 0 Å². The highest BCUT2D eigenvalue weighted by Gasteiger charge is 2.32. The summed E-state index contributed by atoms with van der Waals surface area (Å²) in [5, 5.41) is 0. The number of piperidine rings is 1. The highest BCUT2D eigenvalue weighted by molar-refractivity contribution is 7.89. The van der Waals surface area contributed by atoms with Crippen molar-refractivity contribution in [3.8, 4) is 0 Å². The van der Waals surface area contributed by atoms with Crippen LogP contribution in [-0.4, -0.2) is 31.9 Å². The van der Waals surface area contributed by atoms with Gasteiger partial charge in [0, 0.05) is 19.1 Å². The van der Waals surface area contributed by atoms with Gasteiger partial charge in [0.1, 0.15) is 0 Å². The minimum atomic E-state index is -3.37. The van der Waals surface area contributed by atoms with Gasteiger partial charge in [0.2, 0.25) is 10.0 Å². The van der Waals surface area contributed by atoms with Crippen molar-refractivity contribution < 1.29 is 8.42 Å². The van der Waals surface area contributed by atoms with Crippen LogP contribution in [0.5, 0.6) is 0 Å². The topological polar surface area (TPSA) is 63.4 Å². The number of sulfonamides is 1. The van der Waals surface area contributed by atoms with Gasteiger partial charge in [0.05, 0.1) is 4.90 Å². The molecule has 1 heterocycles. The normalized spacial score (nSPS) is 26.2. The van der Waals surface area contributed by atoms with Crippen LogP contribution in [0.1, 0.15) is 18.9 Å². The fourth-order valence-corrected chi connectivity index (χ4v) is 4.11. The molecule has 1 aromatic rings. The van der Waals surface area contributed by atoms with Crippen LogP contribution in [0.3, 0.4) is 0 Å². The lowest BCUT2D eigenvalue weighted by atomic mass is 9.96. The summed E-state index contributed by atoms with van der Waals surface area (Å²) in [6, 6.07) is 7.21. The second kappa shape index (κ2) is 4.99. The maximum atomic E-state index is 12.5. The minimum Gasteiger partial charge on any atom is -0.327 e. The first-order valence-electron chi connectivity index (χ1n) is 6.24. The number of benzene rings is 1. The molecule has 18 heavy (non-hydrogen) atoms. The van der Waals surface area contributed by atoms with Gasteiger partial charge in [0.25, 0.3) is 0 Å². The lowest BCUT2D eigenvalue weighted by molar-refractivity contribution is 0.250. The first-order chi connectivity index (χ1) is 8.43. The highest BCUT2D eigenvalue weighted by Crippen LogP contribution is 2.24. The third-order valence-corrected chi connectivity index (χ3v) is 5.67. The van der Waals surface area contributed by atoms with Crippen LogP contribution < -0.4 is 5.73 Å². The molecule has 1 aliphatic rings. The molecule has 2 unspecified atom stereocenters. The fourth-order valence-electron chi connectivity index (χ4n) is 2.33. The standard InChI is InChI=1S/C13H20N2O2S/c1-10-5-3-4-6-13(10)18(16,17)15-8-7-12(14)11(2)9-15/h3-6,11-12H,7-9,14H2,1-2H3. The van der Waals surface area contributed by atoms with Crippen molar-refractivity contribution in [2.45, 2.75) is 31.2 Å². The van der Waals surface area contributed by atoms with Crippen LogP contribution in [0.15, 0.2) is 29.2 Å². The third-order valence-electron chi connectivity index (χ3n) is 3.65. The Balaban J connectivity index is 2.30. The molecule has 2 rings (SSSR count). The summed E-state index contributed by atoms with van der Waals surface area (Å²) in [5.41, 5.74) is 6.72. The Morgan fingerprint density at radius 2 is 2.00 bits per heavy atom. The Kier molecular flexibility index (Phi) is 3.75. The molecular weight excluding hydrogens is 248 g/mol. The third kappa shape index (κ3) is 2.43. The van der Waals surface area contributed by atoms with Crippen molar-refractivity contribution in [3.63, 3.8) is 0 Å². The van der Waals surface area contributed by atoms with Gasteiger partial charge in [-0.25, -0.2) is 8.42 Å². The van der Waals surface area contributed by atoms with Crippen molar-refractivity contribution in [1.82, 2.24) is 4.31 Å². The van der Waals surface area contributed by atoms with E-state index < -0.39 is 10.0 Å². The van der Waals surface area contributed by atoms with Crippen molar-refractivity contribution >= 4 is 10.0 Å². The average molecular weight is 268 g/mol. The molecule has 100 valence electrons. The summed E-state index contributed by atoms with van der Waals surface area (Å²) in [7, 11) is -3.37. The van der Waals surface area contributed by atoms with Crippen LogP contribution in [0, 0.1) is 12.8 Å². The maximum Gasteiger partial charge on any atom is 0.243 e. The van der Waals surface area contributed by atoms with Gasteiger partial charge in [-0.05, 0) is 30.9 Å². The molecule has 0 spiro atoms. The number of nitrogens with zero attached hydrogens (tertiary/aromatic N) is 1. The van der Waals surface area contributed by atoms with Gasteiger partial charge in [-0.3, -0.25) is 0 Å². The summed E-state index contributed by atoms with van der Waals surface area (Å²) in [6.07, 6.45) is 0.728. The lowest BCUT2D eigenvalue weighted by Crippen LogP contribution is -2.48. The van der Waals surface area contributed by atoms with Gasteiger partial charge in [-0.15, -0.1) is 0 Å². The first-order valence-corrected chi connectivity index (χ1v) is 7.68. The maximum absolute atomic E-state index is 12.5. The van der Waals surface area contributed by atoms with Crippen LogP contribution in [-0.2, 0) is 10.0 Å². The molecule has 4 nitrogen and oxygen atoms in total. The van der Waals surface area contributed by atoms with Crippen LogP contribution >= 0.6 is 0 Å². The average Bonchev–Trinajstić information content (AvgIpc) is 2.33. The smallest absolute Gasteiger partial charge is 0.243 e. The molecule has 0 radical (unpaired) electrons. The van der Waals surface area contributed by atoms with E-state index in [0.29, 0.717) is 18.0 Å². The molecule has 1 saturated heterocycles. The van der Waals surface area contributed by atoms with Gasteiger partial charge < -0.3 is 5.73 Å². The van der Waals surface area contributed by atoms with Crippen molar-refractivity contribution in [2.75, 3.05) is 13.1 Å². The minimum absolute atomic E-state index is 0.105. The van der Waals surface area contributed by atoms with Crippen LogP contribution in [0.25, 0.3) is 0 Å². The molecule has 1 aromatic carbocycles. The van der Waals surface area contributed by atoms with Crippen molar-refractivity contribution in [2.24, 2.45) is 11.7 Å². The van der Waals surface area contributed by atoms with Gasteiger partial charge in [-0.1, -0.05) is 25.1 Å². The van der Waals surface area contributed by atoms with E-state index in [4.69, 9.17) is 5.73 Å². The van der Waals surface area contributed by atoms with Gasteiger partial charge in [0.15, 0.2) is 0 Å². The van der Waals surface area contributed by atoms with Gasteiger partial charge >= 0.3 is 0 Å². The van der Waals surface area contributed by atoms with E-state index >= 15 is 0 Å². The Bertz CT molecular complexity index is 528. The molecule has 0 amide bonds. The van der Waals surface area contributed by atoms with E-state index in [1.807, 2.05) is 26.0 Å². The molecule has 1 fully saturated rings. The predicted octanol–water partition coefficient (Wildman–Crippen LogP) is 1.35. The lowest BCUT2D eigenvalue weighted by Gasteiger charge is -2.34. The van der Waals surface area contributed by atoms with E-state index in [2.05, 4.69) is 0 Å². The molecule has 2 atom stereocenters. The zero-order valence-corrected chi connectivity index (χ0v) is 11.7. The summed E-state index contributed by atoms with van der Waals surface area (Å²) in [6.45, 7) is 4.86. The molecule has 0 saturated carbocycles. The second-order valence-corrected chi connectivity index (χ2v) is 6.96. The highest BCUT2D eigenvalue weighted by atomic mass is 32.2. The Morgan fingerprint density at radius 1 is 1.33 bits per heavy atom. The van der Waals surface area contributed by atoms with Crippen LogP contribution in [0.2, 0.25) is 0 Å². The number of aryl methyl sites for hydroxylation is 1.